The van der Waals surface area contributed by atoms with Crippen LogP contribution in [-0.4, -0.2) is 46.5 Å². The molecule has 9 heteroatoms. The Kier molecular flexibility index (Phi) is 4.75. The minimum absolute atomic E-state index is 0.00413. The van der Waals surface area contributed by atoms with Gasteiger partial charge >= 0.3 is 11.6 Å². The SMILES string of the molecule is C#Cc1c(F)ccc2cc(O)cc(-c3oc(=O)c4c(N5CC6(CCC6O)C5)nc(OC)nc4c3C)c12. The first-order valence-corrected chi connectivity index (χ1v) is 11.5. The van der Waals surface area contributed by atoms with E-state index in [1.165, 1.54) is 31.4 Å². The van der Waals surface area contributed by atoms with Gasteiger partial charge in [-0.1, -0.05) is 12.0 Å². The summed E-state index contributed by atoms with van der Waals surface area (Å²) in [7, 11) is 1.44. The van der Waals surface area contributed by atoms with E-state index in [1.807, 2.05) is 4.90 Å². The van der Waals surface area contributed by atoms with Crippen molar-refractivity contribution in [3.05, 3.63) is 51.6 Å². The second kappa shape index (κ2) is 7.67. The fourth-order valence-corrected chi connectivity index (χ4v) is 5.45. The maximum absolute atomic E-state index is 14.6. The number of phenolic OH excluding ortho intramolecular Hbond substituents is 1. The molecule has 1 unspecified atom stereocenters. The number of rotatable bonds is 3. The largest absolute Gasteiger partial charge is 0.508 e. The molecule has 2 aromatic carbocycles. The summed E-state index contributed by atoms with van der Waals surface area (Å²) < 4.78 is 25.7. The first-order chi connectivity index (χ1) is 17.3. The third-order valence-electron chi connectivity index (χ3n) is 7.52. The van der Waals surface area contributed by atoms with Crippen LogP contribution in [0.15, 0.2) is 33.5 Å². The second-order valence-electron chi connectivity index (χ2n) is 9.53. The van der Waals surface area contributed by atoms with Gasteiger partial charge in [-0.05, 0) is 43.4 Å². The predicted octanol–water partition coefficient (Wildman–Crippen LogP) is 3.51. The van der Waals surface area contributed by atoms with Gasteiger partial charge in [-0.3, -0.25) is 0 Å². The normalized spacial score (nSPS) is 18.2. The quantitative estimate of drug-likeness (QED) is 0.423. The zero-order valence-corrected chi connectivity index (χ0v) is 19.6. The van der Waals surface area contributed by atoms with Gasteiger partial charge in [0, 0.05) is 35.0 Å². The molecule has 3 heterocycles. The van der Waals surface area contributed by atoms with E-state index in [-0.39, 0.29) is 45.6 Å². The molecule has 1 aliphatic heterocycles. The van der Waals surface area contributed by atoms with Gasteiger partial charge < -0.3 is 24.3 Å². The second-order valence-corrected chi connectivity index (χ2v) is 9.53. The van der Waals surface area contributed by atoms with Crippen LogP contribution in [0.3, 0.4) is 0 Å². The van der Waals surface area contributed by atoms with Gasteiger partial charge in [0.1, 0.15) is 22.7 Å². The molecule has 182 valence electrons. The van der Waals surface area contributed by atoms with Crippen LogP contribution >= 0.6 is 0 Å². The Labute approximate surface area is 205 Å². The predicted molar refractivity (Wildman–Crippen MR) is 132 cm³/mol. The number of aliphatic hydroxyl groups excluding tert-OH is 1. The molecule has 1 spiro atoms. The first kappa shape index (κ1) is 22.3. The zero-order chi connectivity index (χ0) is 25.4. The van der Waals surface area contributed by atoms with Crippen molar-refractivity contribution in [2.45, 2.75) is 25.9 Å². The first-order valence-electron chi connectivity index (χ1n) is 11.5. The van der Waals surface area contributed by atoms with Crippen molar-refractivity contribution in [3.63, 3.8) is 0 Å². The third-order valence-corrected chi connectivity index (χ3v) is 7.52. The molecule has 0 radical (unpaired) electrons. The van der Waals surface area contributed by atoms with E-state index in [0.29, 0.717) is 40.8 Å². The molecule has 4 aromatic rings. The third kappa shape index (κ3) is 3.01. The lowest BCUT2D eigenvalue weighted by molar-refractivity contribution is -0.0824. The van der Waals surface area contributed by atoms with Crippen LogP contribution in [0.1, 0.15) is 24.0 Å². The fourth-order valence-electron chi connectivity index (χ4n) is 5.45. The number of hydrogen-bond acceptors (Lipinski definition) is 8. The highest BCUT2D eigenvalue weighted by Crippen LogP contribution is 2.50. The Hall–Kier alpha value is -4.16. The van der Waals surface area contributed by atoms with E-state index in [4.69, 9.17) is 15.6 Å². The number of aryl methyl sites for hydroxylation is 1. The molecule has 6 rings (SSSR count). The van der Waals surface area contributed by atoms with Crippen LogP contribution in [-0.2, 0) is 0 Å². The van der Waals surface area contributed by atoms with E-state index in [2.05, 4.69) is 15.9 Å². The number of aromatic hydroxyl groups is 1. The van der Waals surface area contributed by atoms with Gasteiger partial charge in [-0.15, -0.1) is 6.42 Å². The number of benzene rings is 2. The molecule has 8 nitrogen and oxygen atoms in total. The van der Waals surface area contributed by atoms with Crippen LogP contribution in [0.25, 0.3) is 33.0 Å². The fraction of sp³-hybridized carbons (Fsp3) is 0.296. The number of anilines is 1. The smallest absolute Gasteiger partial charge is 0.349 e. The van der Waals surface area contributed by atoms with Crippen molar-refractivity contribution in [1.29, 1.82) is 0 Å². The Morgan fingerprint density at radius 2 is 2.06 bits per heavy atom. The van der Waals surface area contributed by atoms with Crippen molar-refractivity contribution in [3.8, 4) is 35.4 Å². The number of terminal acetylenes is 1. The molecule has 2 fully saturated rings. The standard InChI is InChI=1S/C27H22FN3O5/c1-4-16-18(28)6-5-14-9-15(32)10-17(20(14)16)23-13(2)22-21(25(34)36-23)24(30-26(29-22)35-3)31-11-27(12-31)8-7-19(27)33/h1,5-6,9-10,19,32-33H,7-8,11-12H2,2-3H3. The summed E-state index contributed by atoms with van der Waals surface area (Å²) in [6.45, 7) is 2.84. The number of methoxy groups -OCH3 is 1. The Morgan fingerprint density at radius 1 is 1.28 bits per heavy atom. The number of aromatic nitrogens is 2. The molecule has 1 saturated heterocycles. The highest BCUT2D eigenvalue weighted by Gasteiger charge is 2.55. The van der Waals surface area contributed by atoms with Crippen molar-refractivity contribution in [2.24, 2.45) is 5.41 Å². The summed E-state index contributed by atoms with van der Waals surface area (Å²) in [5.41, 5.74) is 0.200. The Morgan fingerprint density at radius 3 is 2.69 bits per heavy atom. The minimum Gasteiger partial charge on any atom is -0.508 e. The van der Waals surface area contributed by atoms with Crippen LogP contribution in [0.2, 0.25) is 0 Å². The molecule has 0 bridgehead atoms. The number of ether oxygens (including phenoxy) is 1. The van der Waals surface area contributed by atoms with Crippen LogP contribution in [0.5, 0.6) is 11.8 Å². The van der Waals surface area contributed by atoms with Crippen LogP contribution in [0, 0.1) is 30.5 Å². The molecular weight excluding hydrogens is 465 g/mol. The summed E-state index contributed by atoms with van der Waals surface area (Å²) in [5.74, 6) is 2.15. The van der Waals surface area contributed by atoms with Crippen molar-refractivity contribution >= 4 is 27.5 Å². The topological polar surface area (TPSA) is 109 Å². The summed E-state index contributed by atoms with van der Waals surface area (Å²) in [6.07, 6.45) is 6.94. The monoisotopic (exact) mass is 487 g/mol. The van der Waals surface area contributed by atoms with Gasteiger partial charge in [0.15, 0.2) is 5.82 Å². The molecule has 1 saturated carbocycles. The zero-order valence-electron chi connectivity index (χ0n) is 19.6. The van der Waals surface area contributed by atoms with E-state index in [1.54, 1.807) is 6.92 Å². The number of phenols is 1. The number of hydrogen-bond donors (Lipinski definition) is 2. The van der Waals surface area contributed by atoms with Gasteiger partial charge in [-0.2, -0.15) is 9.97 Å². The summed E-state index contributed by atoms with van der Waals surface area (Å²) in [6, 6.07) is 5.65. The van der Waals surface area contributed by atoms with E-state index in [9.17, 15) is 19.4 Å². The maximum atomic E-state index is 14.6. The van der Waals surface area contributed by atoms with Gasteiger partial charge in [0.05, 0.1) is 24.3 Å². The van der Waals surface area contributed by atoms with Gasteiger partial charge in [0.25, 0.3) is 0 Å². The van der Waals surface area contributed by atoms with Crippen LogP contribution in [0.4, 0.5) is 10.2 Å². The Bertz CT molecular complexity index is 1680. The van der Waals surface area contributed by atoms with E-state index < -0.39 is 11.4 Å². The molecule has 1 atom stereocenters. The Balaban J connectivity index is 1.61. The van der Waals surface area contributed by atoms with E-state index in [0.717, 1.165) is 12.8 Å². The number of halogens is 1. The van der Waals surface area contributed by atoms with Gasteiger partial charge in [0.2, 0.25) is 0 Å². The molecule has 36 heavy (non-hydrogen) atoms. The average molecular weight is 487 g/mol. The van der Waals surface area contributed by atoms with Crippen molar-refractivity contribution in [1.82, 2.24) is 9.97 Å². The summed E-state index contributed by atoms with van der Waals surface area (Å²) in [5, 5.41) is 21.6. The van der Waals surface area contributed by atoms with Crippen molar-refractivity contribution in [2.75, 3.05) is 25.1 Å². The maximum Gasteiger partial charge on any atom is 0.349 e. The highest BCUT2D eigenvalue weighted by molar-refractivity contribution is 6.03. The summed E-state index contributed by atoms with van der Waals surface area (Å²) in [4.78, 5) is 24.2. The lowest BCUT2D eigenvalue weighted by Gasteiger charge is -2.59. The lowest BCUT2D eigenvalue weighted by Crippen LogP contribution is -2.67. The molecule has 2 N–H and O–H groups in total. The average Bonchev–Trinajstić information content (AvgIpc) is 2.83. The summed E-state index contributed by atoms with van der Waals surface area (Å²) >= 11 is 0. The van der Waals surface area contributed by atoms with Crippen molar-refractivity contribution < 1.29 is 23.8 Å². The minimum atomic E-state index is -0.687. The number of fused-ring (bicyclic) bond motifs is 2. The number of nitrogens with zero attached hydrogens (tertiary/aromatic N) is 3. The molecular formula is C27H22FN3O5. The molecule has 1 aliphatic carbocycles. The van der Waals surface area contributed by atoms with Crippen LogP contribution < -0.4 is 15.3 Å². The number of aliphatic hydroxyl groups is 1. The lowest BCUT2D eigenvalue weighted by atomic mass is 9.61. The molecule has 2 aromatic heterocycles. The van der Waals surface area contributed by atoms with E-state index >= 15 is 0 Å². The molecule has 0 amide bonds. The molecule has 2 aliphatic rings. The highest BCUT2D eigenvalue weighted by atomic mass is 19.1. The van der Waals surface area contributed by atoms with Gasteiger partial charge in [-0.25, -0.2) is 9.18 Å².